The Kier molecular flexibility index (Phi) is 7.10. The predicted molar refractivity (Wildman–Crippen MR) is 82.0 cm³/mol. The smallest absolute Gasteiger partial charge is 0.138 e. The van der Waals surface area contributed by atoms with Gasteiger partial charge in [0.15, 0.2) is 0 Å². The largest absolute Gasteiger partial charge is 0.370 e. The van der Waals surface area contributed by atoms with E-state index >= 15 is 0 Å². The lowest BCUT2D eigenvalue weighted by Gasteiger charge is -2.18. The lowest BCUT2D eigenvalue weighted by Crippen LogP contribution is -2.25. The lowest BCUT2D eigenvalue weighted by atomic mass is 10.1. The molecule has 0 aliphatic heterocycles. The number of nitrogens with zero attached hydrogens (tertiary/aromatic N) is 3. The second kappa shape index (κ2) is 8.33. The van der Waals surface area contributed by atoms with E-state index in [0.717, 1.165) is 44.0 Å². The molecule has 0 radical (unpaired) electrons. The molecule has 1 heterocycles. The van der Waals surface area contributed by atoms with Crippen LogP contribution in [-0.2, 0) is 0 Å². The van der Waals surface area contributed by atoms with Gasteiger partial charge in [0.05, 0.1) is 0 Å². The van der Waals surface area contributed by atoms with Crippen LogP contribution in [0.2, 0.25) is 5.15 Å². The highest BCUT2D eigenvalue weighted by Crippen LogP contribution is 2.27. The third-order valence-corrected chi connectivity index (χ3v) is 3.55. The summed E-state index contributed by atoms with van der Waals surface area (Å²) in [6.45, 7) is 12.8. The fourth-order valence-electron chi connectivity index (χ4n) is 2.08. The third kappa shape index (κ3) is 4.96. The summed E-state index contributed by atoms with van der Waals surface area (Å²) < 4.78 is 0. The molecule has 19 heavy (non-hydrogen) atoms. The van der Waals surface area contributed by atoms with E-state index in [4.69, 9.17) is 11.6 Å². The molecule has 0 saturated heterocycles. The van der Waals surface area contributed by atoms with Gasteiger partial charge in [0.1, 0.15) is 17.3 Å². The van der Waals surface area contributed by atoms with Crippen molar-refractivity contribution in [1.82, 2.24) is 14.9 Å². The molecular weight excluding hydrogens is 260 g/mol. The summed E-state index contributed by atoms with van der Waals surface area (Å²) in [5.41, 5.74) is 1.01. The minimum Gasteiger partial charge on any atom is -0.370 e. The molecule has 4 nitrogen and oxygen atoms in total. The van der Waals surface area contributed by atoms with E-state index in [2.05, 4.69) is 47.9 Å². The Balaban J connectivity index is 2.52. The number of aromatic nitrogens is 2. The summed E-state index contributed by atoms with van der Waals surface area (Å²) in [4.78, 5) is 10.8. The Hall–Kier alpha value is -0.870. The Bertz CT molecular complexity index is 378. The molecule has 5 heteroatoms. The Morgan fingerprint density at radius 3 is 2.53 bits per heavy atom. The predicted octanol–water partition coefficient (Wildman–Crippen LogP) is 3.40. The first kappa shape index (κ1) is 16.2. The van der Waals surface area contributed by atoms with Gasteiger partial charge >= 0.3 is 0 Å². The maximum atomic E-state index is 6.13. The van der Waals surface area contributed by atoms with Gasteiger partial charge in [-0.2, -0.15) is 0 Å². The Morgan fingerprint density at radius 2 is 1.95 bits per heavy atom. The Morgan fingerprint density at radius 1 is 1.26 bits per heavy atom. The Labute approximate surface area is 121 Å². The van der Waals surface area contributed by atoms with Crippen LogP contribution in [0, 0.1) is 0 Å². The van der Waals surface area contributed by atoms with Gasteiger partial charge in [0, 0.05) is 12.1 Å². The second-order valence-corrected chi connectivity index (χ2v) is 5.25. The maximum Gasteiger partial charge on any atom is 0.138 e. The molecule has 1 N–H and O–H groups in total. The van der Waals surface area contributed by atoms with Crippen LogP contribution in [0.4, 0.5) is 5.82 Å². The fraction of sp³-hybridized carbons (Fsp3) is 0.714. The summed E-state index contributed by atoms with van der Waals surface area (Å²) in [5.74, 6) is 1.19. The highest BCUT2D eigenvalue weighted by molar-refractivity contribution is 6.30. The molecule has 0 unspecified atom stereocenters. The average molecular weight is 285 g/mol. The zero-order chi connectivity index (χ0) is 14.3. The zero-order valence-corrected chi connectivity index (χ0v) is 13.2. The first-order chi connectivity index (χ1) is 9.10. The van der Waals surface area contributed by atoms with Crippen molar-refractivity contribution in [2.45, 2.75) is 40.0 Å². The van der Waals surface area contributed by atoms with E-state index in [-0.39, 0.29) is 0 Å². The van der Waals surface area contributed by atoms with Crippen molar-refractivity contribution in [1.29, 1.82) is 0 Å². The van der Waals surface area contributed by atoms with Crippen molar-refractivity contribution in [3.63, 3.8) is 0 Å². The standard InChI is InChI=1S/C14H25ClN4/c1-5-19(6-2)9-7-8-16-14-12(11(3)4)13(15)17-10-18-14/h10-11H,5-9H2,1-4H3,(H,16,17,18). The number of hydrogen-bond donors (Lipinski definition) is 1. The fourth-order valence-corrected chi connectivity index (χ4v) is 2.43. The van der Waals surface area contributed by atoms with E-state index in [0.29, 0.717) is 11.1 Å². The van der Waals surface area contributed by atoms with E-state index in [1.165, 1.54) is 6.33 Å². The van der Waals surface area contributed by atoms with Crippen LogP contribution >= 0.6 is 11.6 Å². The molecule has 0 fully saturated rings. The molecule has 0 aliphatic rings. The van der Waals surface area contributed by atoms with E-state index < -0.39 is 0 Å². The molecule has 0 spiro atoms. The molecular formula is C14H25ClN4. The van der Waals surface area contributed by atoms with Gasteiger partial charge in [-0.1, -0.05) is 39.3 Å². The van der Waals surface area contributed by atoms with Gasteiger partial charge in [-0.15, -0.1) is 0 Å². The van der Waals surface area contributed by atoms with Crippen molar-refractivity contribution in [2.24, 2.45) is 0 Å². The molecule has 0 bridgehead atoms. The van der Waals surface area contributed by atoms with Crippen molar-refractivity contribution in [3.8, 4) is 0 Å². The summed E-state index contributed by atoms with van der Waals surface area (Å²) in [6.07, 6.45) is 2.61. The minimum atomic E-state index is 0.319. The topological polar surface area (TPSA) is 41.0 Å². The first-order valence-corrected chi connectivity index (χ1v) is 7.44. The molecule has 0 amide bonds. The average Bonchev–Trinajstić information content (AvgIpc) is 2.38. The normalized spacial score (nSPS) is 11.3. The lowest BCUT2D eigenvalue weighted by molar-refractivity contribution is 0.303. The molecule has 108 valence electrons. The number of rotatable bonds is 8. The molecule has 1 aromatic heterocycles. The van der Waals surface area contributed by atoms with Crippen LogP contribution in [0.25, 0.3) is 0 Å². The van der Waals surface area contributed by atoms with E-state index in [1.807, 2.05) is 0 Å². The van der Waals surface area contributed by atoms with Crippen LogP contribution in [0.15, 0.2) is 6.33 Å². The van der Waals surface area contributed by atoms with Crippen molar-refractivity contribution in [2.75, 3.05) is 31.5 Å². The summed E-state index contributed by atoms with van der Waals surface area (Å²) in [7, 11) is 0. The van der Waals surface area contributed by atoms with Gasteiger partial charge in [-0.3, -0.25) is 0 Å². The van der Waals surface area contributed by atoms with Crippen molar-refractivity contribution < 1.29 is 0 Å². The molecule has 0 atom stereocenters. The highest BCUT2D eigenvalue weighted by atomic mass is 35.5. The number of nitrogens with one attached hydrogen (secondary N) is 1. The van der Waals surface area contributed by atoms with Crippen molar-refractivity contribution >= 4 is 17.4 Å². The van der Waals surface area contributed by atoms with E-state index in [9.17, 15) is 0 Å². The van der Waals surface area contributed by atoms with Gasteiger partial charge in [-0.25, -0.2) is 9.97 Å². The van der Waals surface area contributed by atoms with Gasteiger partial charge in [0.25, 0.3) is 0 Å². The monoisotopic (exact) mass is 284 g/mol. The highest BCUT2D eigenvalue weighted by Gasteiger charge is 2.12. The first-order valence-electron chi connectivity index (χ1n) is 7.06. The quantitative estimate of drug-likeness (QED) is 0.587. The third-order valence-electron chi connectivity index (χ3n) is 3.25. The molecule has 0 aromatic carbocycles. The zero-order valence-electron chi connectivity index (χ0n) is 12.4. The minimum absolute atomic E-state index is 0.319. The van der Waals surface area contributed by atoms with Crippen LogP contribution in [0.3, 0.4) is 0 Å². The summed E-state index contributed by atoms with van der Waals surface area (Å²) in [6, 6.07) is 0. The van der Waals surface area contributed by atoms with E-state index in [1.54, 1.807) is 0 Å². The number of anilines is 1. The second-order valence-electron chi connectivity index (χ2n) is 4.89. The molecule has 1 aromatic rings. The van der Waals surface area contributed by atoms with Crippen LogP contribution in [-0.4, -0.2) is 41.0 Å². The number of hydrogen-bond acceptors (Lipinski definition) is 4. The molecule has 1 rings (SSSR count). The van der Waals surface area contributed by atoms with Crippen LogP contribution in [0.5, 0.6) is 0 Å². The van der Waals surface area contributed by atoms with Gasteiger partial charge in [-0.05, 0) is 32.0 Å². The van der Waals surface area contributed by atoms with Crippen molar-refractivity contribution in [3.05, 3.63) is 17.0 Å². The summed E-state index contributed by atoms with van der Waals surface area (Å²) in [5, 5.41) is 3.93. The van der Waals surface area contributed by atoms with Crippen LogP contribution < -0.4 is 5.32 Å². The SMILES string of the molecule is CCN(CC)CCCNc1ncnc(Cl)c1C(C)C. The summed E-state index contributed by atoms with van der Waals surface area (Å²) >= 11 is 6.13. The van der Waals surface area contributed by atoms with Gasteiger partial charge < -0.3 is 10.2 Å². The maximum absolute atomic E-state index is 6.13. The van der Waals surface area contributed by atoms with Gasteiger partial charge in [0.2, 0.25) is 0 Å². The van der Waals surface area contributed by atoms with Crippen LogP contribution in [0.1, 0.15) is 45.6 Å². The number of halogens is 1. The molecule has 0 saturated carbocycles. The molecule has 0 aliphatic carbocycles.